The van der Waals surface area contributed by atoms with E-state index in [1.165, 1.54) is 0 Å². The molecule has 80 valence electrons. The summed E-state index contributed by atoms with van der Waals surface area (Å²) in [6, 6.07) is 19.1. The van der Waals surface area contributed by atoms with E-state index in [0.717, 1.165) is 11.1 Å². The van der Waals surface area contributed by atoms with Crippen molar-refractivity contribution in [1.82, 2.24) is 0 Å². The number of benzene rings is 2. The number of rotatable bonds is 4. The van der Waals surface area contributed by atoms with E-state index in [9.17, 15) is 4.91 Å². The molecular weight excluding hydrogens is 202 g/mol. The summed E-state index contributed by atoms with van der Waals surface area (Å²) in [5, 5.41) is 2.54. The molecule has 16 heavy (non-hydrogen) atoms. The molecule has 2 rings (SSSR count). The molecule has 0 aliphatic rings. The van der Waals surface area contributed by atoms with Crippen LogP contribution in [0.2, 0.25) is 0 Å². The van der Waals surface area contributed by atoms with Crippen LogP contribution in [-0.4, -0.2) is 0 Å². The third-order valence-corrected chi connectivity index (χ3v) is 2.35. The van der Waals surface area contributed by atoms with Gasteiger partial charge >= 0.3 is 0 Å². The highest BCUT2D eigenvalue weighted by atomic mass is 16.7. The van der Waals surface area contributed by atoms with Gasteiger partial charge < -0.3 is 4.84 Å². The lowest BCUT2D eigenvalue weighted by atomic mass is 10.0. The summed E-state index contributed by atoms with van der Waals surface area (Å²) in [7, 11) is 0. The standard InChI is InChI=1S/C13H11NO2/c15-14-16-13(11-7-3-1-4-8-11)12-9-5-2-6-10-12/h1-10,13H. The smallest absolute Gasteiger partial charge is 0.181 e. The predicted octanol–water partition coefficient (Wildman–Crippen LogP) is 3.47. The van der Waals surface area contributed by atoms with Crippen molar-refractivity contribution >= 4 is 0 Å². The highest BCUT2D eigenvalue weighted by Crippen LogP contribution is 2.25. The maximum Gasteiger partial charge on any atom is 0.181 e. The molecule has 0 fully saturated rings. The highest BCUT2D eigenvalue weighted by molar-refractivity contribution is 5.29. The molecule has 0 aliphatic heterocycles. The van der Waals surface area contributed by atoms with E-state index in [1.54, 1.807) is 0 Å². The average molecular weight is 213 g/mol. The fraction of sp³-hybridized carbons (Fsp3) is 0.0769. The minimum Gasteiger partial charge on any atom is -0.351 e. The van der Waals surface area contributed by atoms with Gasteiger partial charge in [0.15, 0.2) is 11.4 Å². The quantitative estimate of drug-likeness (QED) is 0.576. The first-order valence-corrected chi connectivity index (χ1v) is 5.00. The zero-order valence-electron chi connectivity index (χ0n) is 8.61. The summed E-state index contributed by atoms with van der Waals surface area (Å²) < 4.78 is 0. The summed E-state index contributed by atoms with van der Waals surface area (Å²) in [5.74, 6) is 0. The van der Waals surface area contributed by atoms with Crippen LogP contribution >= 0.6 is 0 Å². The van der Waals surface area contributed by atoms with Crippen molar-refractivity contribution < 1.29 is 4.84 Å². The molecule has 0 radical (unpaired) electrons. The Morgan fingerprint density at radius 3 is 1.62 bits per heavy atom. The molecule has 0 aromatic heterocycles. The predicted molar refractivity (Wildman–Crippen MR) is 61.6 cm³/mol. The van der Waals surface area contributed by atoms with Crippen molar-refractivity contribution in [3.8, 4) is 0 Å². The van der Waals surface area contributed by atoms with Gasteiger partial charge in [0.1, 0.15) is 0 Å². The number of nitrogens with zero attached hydrogens (tertiary/aromatic N) is 1. The van der Waals surface area contributed by atoms with Crippen LogP contribution in [0.3, 0.4) is 0 Å². The molecule has 3 nitrogen and oxygen atoms in total. The van der Waals surface area contributed by atoms with Crippen LogP contribution < -0.4 is 0 Å². The normalized spacial score (nSPS) is 10.1. The Bertz CT molecular complexity index is 403. The number of hydrogen-bond acceptors (Lipinski definition) is 3. The van der Waals surface area contributed by atoms with Gasteiger partial charge in [-0.1, -0.05) is 60.7 Å². The Morgan fingerprint density at radius 1 is 0.812 bits per heavy atom. The summed E-state index contributed by atoms with van der Waals surface area (Å²) in [5.41, 5.74) is 1.82. The fourth-order valence-corrected chi connectivity index (χ4v) is 1.61. The molecular formula is C13H11NO2. The first-order valence-electron chi connectivity index (χ1n) is 5.00. The van der Waals surface area contributed by atoms with Gasteiger partial charge in [-0.2, -0.15) is 0 Å². The minimum absolute atomic E-state index is 0.431. The van der Waals surface area contributed by atoms with Crippen LogP contribution in [-0.2, 0) is 4.84 Å². The van der Waals surface area contributed by atoms with Gasteiger partial charge in [0.2, 0.25) is 0 Å². The van der Waals surface area contributed by atoms with Crippen molar-refractivity contribution in [2.24, 2.45) is 5.34 Å². The lowest BCUT2D eigenvalue weighted by Crippen LogP contribution is -2.02. The molecule has 0 bridgehead atoms. The van der Waals surface area contributed by atoms with Crippen molar-refractivity contribution in [2.75, 3.05) is 0 Å². The van der Waals surface area contributed by atoms with Crippen molar-refractivity contribution in [1.29, 1.82) is 0 Å². The summed E-state index contributed by atoms with van der Waals surface area (Å²) >= 11 is 0. The van der Waals surface area contributed by atoms with Crippen LogP contribution in [0, 0.1) is 4.91 Å². The largest absolute Gasteiger partial charge is 0.351 e. The van der Waals surface area contributed by atoms with Gasteiger partial charge in [-0.15, -0.1) is 4.91 Å². The highest BCUT2D eigenvalue weighted by Gasteiger charge is 2.15. The van der Waals surface area contributed by atoms with Crippen LogP contribution in [0.25, 0.3) is 0 Å². The Hall–Kier alpha value is -2.16. The Labute approximate surface area is 93.6 Å². The van der Waals surface area contributed by atoms with E-state index in [4.69, 9.17) is 4.84 Å². The summed E-state index contributed by atoms with van der Waals surface area (Å²) in [4.78, 5) is 15.2. The zero-order valence-corrected chi connectivity index (χ0v) is 8.61. The van der Waals surface area contributed by atoms with Gasteiger partial charge in [0, 0.05) is 0 Å². The fourth-order valence-electron chi connectivity index (χ4n) is 1.61. The lowest BCUT2D eigenvalue weighted by Gasteiger charge is -2.13. The summed E-state index contributed by atoms with van der Waals surface area (Å²) in [6.45, 7) is 0. The van der Waals surface area contributed by atoms with Gasteiger partial charge in [0.05, 0.1) is 0 Å². The molecule has 0 amide bonds. The van der Waals surface area contributed by atoms with E-state index in [0.29, 0.717) is 0 Å². The molecule has 0 heterocycles. The third kappa shape index (κ3) is 2.25. The van der Waals surface area contributed by atoms with Gasteiger partial charge in [0.25, 0.3) is 0 Å². The first kappa shape index (κ1) is 10.4. The van der Waals surface area contributed by atoms with Crippen LogP contribution in [0.1, 0.15) is 17.2 Å². The maximum atomic E-state index is 10.3. The second kappa shape index (κ2) is 5.07. The topological polar surface area (TPSA) is 38.7 Å². The monoisotopic (exact) mass is 213 g/mol. The van der Waals surface area contributed by atoms with E-state index in [2.05, 4.69) is 5.34 Å². The van der Waals surface area contributed by atoms with Gasteiger partial charge in [-0.3, -0.25) is 0 Å². The van der Waals surface area contributed by atoms with Gasteiger partial charge in [-0.05, 0) is 11.1 Å². The SMILES string of the molecule is O=NOC(c1ccccc1)c1ccccc1. The zero-order chi connectivity index (χ0) is 11.2. The minimum atomic E-state index is -0.431. The molecule has 3 heteroatoms. The first-order chi connectivity index (χ1) is 7.92. The molecule has 0 aliphatic carbocycles. The second-order valence-electron chi connectivity index (χ2n) is 3.38. The van der Waals surface area contributed by atoms with Crippen LogP contribution in [0.4, 0.5) is 0 Å². The Morgan fingerprint density at radius 2 is 1.25 bits per heavy atom. The van der Waals surface area contributed by atoms with Crippen LogP contribution in [0.5, 0.6) is 0 Å². The molecule has 2 aromatic rings. The molecule has 0 spiro atoms. The molecule has 0 atom stereocenters. The molecule has 0 unspecified atom stereocenters. The number of hydrogen-bond donors (Lipinski definition) is 0. The summed E-state index contributed by atoms with van der Waals surface area (Å²) in [6.07, 6.45) is -0.431. The average Bonchev–Trinajstić information content (AvgIpc) is 2.38. The van der Waals surface area contributed by atoms with Crippen LogP contribution in [0.15, 0.2) is 66.0 Å². The van der Waals surface area contributed by atoms with Crippen molar-refractivity contribution in [3.63, 3.8) is 0 Å². The van der Waals surface area contributed by atoms with E-state index in [1.807, 2.05) is 60.7 Å². The third-order valence-electron chi connectivity index (χ3n) is 2.35. The maximum absolute atomic E-state index is 10.3. The molecule has 0 saturated carbocycles. The Balaban J connectivity index is 2.35. The van der Waals surface area contributed by atoms with E-state index < -0.39 is 6.10 Å². The van der Waals surface area contributed by atoms with E-state index >= 15 is 0 Å². The van der Waals surface area contributed by atoms with Gasteiger partial charge in [-0.25, -0.2) is 0 Å². The van der Waals surface area contributed by atoms with Crippen molar-refractivity contribution in [3.05, 3.63) is 76.7 Å². The van der Waals surface area contributed by atoms with Crippen molar-refractivity contribution in [2.45, 2.75) is 6.10 Å². The second-order valence-corrected chi connectivity index (χ2v) is 3.38. The molecule has 0 saturated heterocycles. The Kier molecular flexibility index (Phi) is 3.28. The lowest BCUT2D eigenvalue weighted by molar-refractivity contribution is 0.0832. The van der Waals surface area contributed by atoms with E-state index in [-0.39, 0.29) is 0 Å². The molecule has 2 aromatic carbocycles. The molecule has 0 N–H and O–H groups in total.